The highest BCUT2D eigenvalue weighted by Crippen LogP contribution is 2.46. The molecular weight excluding hydrogens is 565 g/mol. The lowest BCUT2D eigenvalue weighted by atomic mass is 9.73. The Labute approximate surface area is 247 Å². The predicted molar refractivity (Wildman–Crippen MR) is 180 cm³/mol. The third-order valence-electron chi connectivity index (χ3n) is 9.10. The molecule has 0 aromatic heterocycles. The summed E-state index contributed by atoms with van der Waals surface area (Å²) in [6.07, 6.45) is 18.7. The van der Waals surface area contributed by atoms with Gasteiger partial charge in [0, 0.05) is 0 Å². The van der Waals surface area contributed by atoms with Crippen molar-refractivity contribution < 1.29 is 16.5 Å². The van der Waals surface area contributed by atoms with E-state index in [1.165, 1.54) is 57.0 Å². The normalized spacial score (nSPS) is 29.3. The van der Waals surface area contributed by atoms with E-state index in [0.717, 1.165) is 35.6 Å². The van der Waals surface area contributed by atoms with Gasteiger partial charge in [-0.2, -0.15) is 0 Å². The van der Waals surface area contributed by atoms with Crippen LogP contribution in [-0.2, 0) is 16.5 Å². The Morgan fingerprint density at radius 1 is 0.692 bits per heavy atom. The molecule has 0 saturated heterocycles. The first kappa shape index (κ1) is 33.9. The summed E-state index contributed by atoms with van der Waals surface area (Å²) in [7, 11) is -10.8. The van der Waals surface area contributed by atoms with Crippen molar-refractivity contribution >= 4 is 42.3 Å². The quantitative estimate of drug-likeness (QED) is 0.119. The summed E-state index contributed by atoms with van der Waals surface area (Å²) in [5.41, 5.74) is 0. The molecule has 0 spiro atoms. The van der Waals surface area contributed by atoms with E-state index in [9.17, 15) is 0 Å². The number of allylic oxidation sites excluding steroid dienone is 4. The second kappa shape index (κ2) is 13.4. The van der Waals surface area contributed by atoms with Crippen LogP contribution in [0.4, 0.5) is 0 Å². The SMILES string of the molecule is C/C=C\C1CC(CC[Si](C)(C)O[Si](C)(C)O[Si](C)(CCC2CC3C=CC2C3)O[Si](C)(C)O[Si](C)(C)CCC)C1. The molecule has 0 N–H and O–H groups in total. The van der Waals surface area contributed by atoms with Crippen molar-refractivity contribution in [3.8, 4) is 0 Å². The monoisotopic (exact) mass is 626 g/mol. The lowest BCUT2D eigenvalue weighted by Crippen LogP contribution is -2.60. The molecule has 3 rings (SSSR count). The maximum absolute atomic E-state index is 7.22. The van der Waals surface area contributed by atoms with E-state index in [4.69, 9.17) is 16.5 Å². The highest BCUT2D eigenvalue weighted by Gasteiger charge is 2.49. The van der Waals surface area contributed by atoms with Gasteiger partial charge in [0.1, 0.15) is 0 Å². The van der Waals surface area contributed by atoms with Crippen LogP contribution in [0.2, 0.25) is 77.1 Å². The van der Waals surface area contributed by atoms with Gasteiger partial charge in [-0.15, -0.1) is 0 Å². The second-order valence-electron chi connectivity index (χ2n) is 15.4. The standard InChI is InChI=1S/C30H62O4Si5/c1-12-14-26-22-28(23-26)17-20-36(5,6)32-38(9,10)34-39(11,21-18-30-25-27-15-16-29(30)24-27)33-37(7,8)31-35(3,4)19-13-2/h12,14-16,26-30H,13,17-25H2,1-11H3/b14-12-. The highest BCUT2D eigenvalue weighted by molar-refractivity contribution is 6.90. The van der Waals surface area contributed by atoms with Crippen LogP contribution >= 0.6 is 0 Å². The van der Waals surface area contributed by atoms with Crippen LogP contribution in [0, 0.1) is 29.6 Å². The van der Waals surface area contributed by atoms with Gasteiger partial charge in [0.05, 0.1) is 0 Å². The molecular formula is C30H62O4Si5. The van der Waals surface area contributed by atoms with Crippen LogP contribution < -0.4 is 0 Å². The van der Waals surface area contributed by atoms with Crippen LogP contribution in [0.3, 0.4) is 0 Å². The molecule has 4 nitrogen and oxygen atoms in total. The molecule has 3 aliphatic rings. The summed E-state index contributed by atoms with van der Waals surface area (Å²) in [6, 6.07) is 3.47. The van der Waals surface area contributed by atoms with Crippen molar-refractivity contribution in [3.05, 3.63) is 24.3 Å². The zero-order chi connectivity index (χ0) is 29.1. The van der Waals surface area contributed by atoms with Gasteiger partial charge >= 0.3 is 25.7 Å². The molecule has 0 aromatic rings. The van der Waals surface area contributed by atoms with Crippen molar-refractivity contribution in [2.75, 3.05) is 0 Å². The van der Waals surface area contributed by atoms with Crippen LogP contribution in [0.5, 0.6) is 0 Å². The van der Waals surface area contributed by atoms with E-state index in [1.54, 1.807) is 0 Å². The third kappa shape index (κ3) is 10.9. The first-order valence-corrected chi connectivity index (χ1v) is 30.4. The predicted octanol–water partition coefficient (Wildman–Crippen LogP) is 9.94. The topological polar surface area (TPSA) is 36.9 Å². The lowest BCUT2D eigenvalue weighted by Gasteiger charge is -2.44. The Morgan fingerprint density at radius 3 is 1.77 bits per heavy atom. The van der Waals surface area contributed by atoms with Gasteiger partial charge in [-0.1, -0.05) is 44.1 Å². The van der Waals surface area contributed by atoms with Crippen molar-refractivity contribution in [2.24, 2.45) is 29.6 Å². The summed E-state index contributed by atoms with van der Waals surface area (Å²) in [6.45, 7) is 25.4. The first-order chi connectivity index (χ1) is 17.9. The summed E-state index contributed by atoms with van der Waals surface area (Å²) >= 11 is 0. The molecule has 226 valence electrons. The molecule has 0 aromatic carbocycles. The molecule has 0 amide bonds. The van der Waals surface area contributed by atoms with Crippen molar-refractivity contribution in [3.63, 3.8) is 0 Å². The minimum atomic E-state index is -2.51. The largest absolute Gasteiger partial charge is 0.436 e. The summed E-state index contributed by atoms with van der Waals surface area (Å²) in [5.74, 6) is 4.08. The van der Waals surface area contributed by atoms with Gasteiger partial charge in [0.2, 0.25) is 0 Å². The maximum Gasteiger partial charge on any atom is 0.317 e. The Hall–Kier alpha value is 0.404. The smallest absolute Gasteiger partial charge is 0.317 e. The zero-order valence-corrected chi connectivity index (χ0v) is 32.4. The fraction of sp³-hybridized carbons (Fsp3) is 0.867. The summed E-state index contributed by atoms with van der Waals surface area (Å²) in [4.78, 5) is 0. The van der Waals surface area contributed by atoms with E-state index in [2.05, 4.69) is 97.1 Å². The number of hydrogen-bond acceptors (Lipinski definition) is 4. The minimum absolute atomic E-state index is 0.775. The van der Waals surface area contributed by atoms with Crippen molar-refractivity contribution in [1.82, 2.24) is 0 Å². The molecule has 0 radical (unpaired) electrons. The molecule has 39 heavy (non-hydrogen) atoms. The van der Waals surface area contributed by atoms with Gasteiger partial charge in [0.15, 0.2) is 16.6 Å². The molecule has 2 bridgehead atoms. The van der Waals surface area contributed by atoms with Crippen LogP contribution in [0.15, 0.2) is 24.3 Å². The second-order valence-corrected chi connectivity index (χ2v) is 35.0. The molecule has 3 aliphatic carbocycles. The van der Waals surface area contributed by atoms with Gasteiger partial charge in [-0.3, -0.25) is 0 Å². The average Bonchev–Trinajstić information content (AvgIpc) is 3.34. The molecule has 4 unspecified atom stereocenters. The molecule has 0 aliphatic heterocycles. The van der Waals surface area contributed by atoms with E-state index < -0.39 is 42.3 Å². The van der Waals surface area contributed by atoms with Crippen molar-refractivity contribution in [1.29, 1.82) is 0 Å². The molecule has 2 fully saturated rings. The van der Waals surface area contributed by atoms with Crippen LogP contribution in [-0.4, -0.2) is 42.3 Å². The Bertz CT molecular complexity index is 852. The molecule has 2 saturated carbocycles. The lowest BCUT2D eigenvalue weighted by molar-refractivity contribution is 0.229. The minimum Gasteiger partial charge on any atom is -0.436 e. The van der Waals surface area contributed by atoms with Gasteiger partial charge in [-0.05, 0) is 146 Å². The van der Waals surface area contributed by atoms with Gasteiger partial charge in [0.25, 0.3) is 0 Å². The van der Waals surface area contributed by atoms with Crippen molar-refractivity contribution in [2.45, 2.75) is 136 Å². The highest BCUT2D eigenvalue weighted by atomic mass is 28.5. The zero-order valence-electron chi connectivity index (χ0n) is 27.4. The Balaban J connectivity index is 1.64. The Morgan fingerprint density at radius 2 is 1.28 bits per heavy atom. The van der Waals surface area contributed by atoms with Gasteiger partial charge in [-0.25, -0.2) is 0 Å². The molecule has 0 heterocycles. The van der Waals surface area contributed by atoms with E-state index >= 15 is 0 Å². The average molecular weight is 627 g/mol. The number of hydrogen-bond donors (Lipinski definition) is 0. The third-order valence-corrected chi connectivity index (χ3v) is 29.2. The number of rotatable bonds is 17. The van der Waals surface area contributed by atoms with Gasteiger partial charge < -0.3 is 16.5 Å². The summed E-state index contributed by atoms with van der Waals surface area (Å²) < 4.78 is 28.3. The van der Waals surface area contributed by atoms with E-state index in [1.807, 2.05) is 0 Å². The van der Waals surface area contributed by atoms with E-state index in [-0.39, 0.29) is 0 Å². The molecule has 4 atom stereocenters. The molecule has 9 heteroatoms. The summed E-state index contributed by atoms with van der Waals surface area (Å²) in [5, 5.41) is 0. The fourth-order valence-electron chi connectivity index (χ4n) is 7.92. The van der Waals surface area contributed by atoms with Crippen LogP contribution in [0.25, 0.3) is 0 Å². The number of fused-ring (bicyclic) bond motifs is 2. The Kier molecular flexibility index (Phi) is 11.6. The van der Waals surface area contributed by atoms with E-state index in [0.29, 0.717) is 0 Å². The maximum atomic E-state index is 7.22. The first-order valence-electron chi connectivity index (χ1n) is 16.1. The fourth-order valence-corrected chi connectivity index (χ4v) is 33.3. The van der Waals surface area contributed by atoms with Crippen LogP contribution in [0.1, 0.15) is 58.8 Å².